The van der Waals surface area contributed by atoms with Gasteiger partial charge in [0.2, 0.25) is 5.91 Å². The Bertz CT molecular complexity index is 1370. The van der Waals surface area contributed by atoms with Crippen molar-refractivity contribution < 1.29 is 14.7 Å². The SMILES string of the molecule is CC1CCC(C(=O)N(c2nn(-c3ccc(-c4nc5ncccc5s4)cc3)cc2C(=O)O)C(C)C)CC1. The molecule has 1 saturated carbocycles. The Labute approximate surface area is 213 Å². The fourth-order valence-corrected chi connectivity index (χ4v) is 5.71. The van der Waals surface area contributed by atoms with Gasteiger partial charge in [-0.25, -0.2) is 19.4 Å². The second-order valence-corrected chi connectivity index (χ2v) is 10.8. The normalized spacial score (nSPS) is 18.0. The van der Waals surface area contributed by atoms with Gasteiger partial charge in [0, 0.05) is 29.9 Å². The van der Waals surface area contributed by atoms with E-state index in [0.717, 1.165) is 46.6 Å². The second-order valence-electron chi connectivity index (χ2n) is 9.77. The lowest BCUT2D eigenvalue weighted by molar-refractivity contribution is -0.123. The van der Waals surface area contributed by atoms with Gasteiger partial charge < -0.3 is 5.11 Å². The lowest BCUT2D eigenvalue weighted by Crippen LogP contribution is -2.43. The zero-order valence-corrected chi connectivity index (χ0v) is 21.4. The Morgan fingerprint density at radius 2 is 1.83 bits per heavy atom. The van der Waals surface area contributed by atoms with Crippen molar-refractivity contribution in [1.82, 2.24) is 19.7 Å². The summed E-state index contributed by atoms with van der Waals surface area (Å²) < 4.78 is 2.55. The average molecular weight is 504 g/mol. The summed E-state index contributed by atoms with van der Waals surface area (Å²) in [5, 5.41) is 15.4. The average Bonchev–Trinajstić information content (AvgIpc) is 3.49. The summed E-state index contributed by atoms with van der Waals surface area (Å²) in [4.78, 5) is 36.1. The molecule has 0 aliphatic heterocycles. The minimum absolute atomic E-state index is 0.0163. The van der Waals surface area contributed by atoms with Crippen LogP contribution in [0.1, 0.15) is 56.8 Å². The molecule has 0 bridgehead atoms. The first-order valence-corrected chi connectivity index (χ1v) is 13.1. The summed E-state index contributed by atoms with van der Waals surface area (Å²) in [7, 11) is 0. The predicted molar refractivity (Wildman–Crippen MR) is 141 cm³/mol. The van der Waals surface area contributed by atoms with Crippen molar-refractivity contribution >= 4 is 39.4 Å². The number of benzene rings is 1. The van der Waals surface area contributed by atoms with Gasteiger partial charge in [0.15, 0.2) is 11.5 Å². The summed E-state index contributed by atoms with van der Waals surface area (Å²) in [5.41, 5.74) is 2.38. The van der Waals surface area contributed by atoms with Crippen LogP contribution >= 0.6 is 11.3 Å². The number of anilines is 1. The first-order chi connectivity index (χ1) is 17.3. The van der Waals surface area contributed by atoms with Gasteiger partial charge in [0.1, 0.15) is 10.6 Å². The highest BCUT2D eigenvalue weighted by atomic mass is 32.1. The predicted octanol–water partition coefficient (Wildman–Crippen LogP) is 5.81. The van der Waals surface area contributed by atoms with Crippen molar-refractivity contribution in [1.29, 1.82) is 0 Å². The van der Waals surface area contributed by atoms with Crippen LogP contribution in [0.2, 0.25) is 0 Å². The van der Waals surface area contributed by atoms with E-state index in [1.54, 1.807) is 22.4 Å². The van der Waals surface area contributed by atoms with Crippen LogP contribution in [0.25, 0.3) is 26.6 Å². The number of carboxylic acid groups (broad SMARTS) is 1. The molecule has 4 aromatic rings. The molecule has 8 nitrogen and oxygen atoms in total. The molecule has 1 aromatic carbocycles. The molecule has 1 aliphatic rings. The number of carboxylic acids is 1. The molecule has 0 spiro atoms. The number of fused-ring (bicyclic) bond motifs is 1. The van der Waals surface area contributed by atoms with Crippen molar-refractivity contribution in [3.63, 3.8) is 0 Å². The smallest absolute Gasteiger partial charge is 0.341 e. The number of carbonyl (C=O) groups excluding carboxylic acids is 1. The first kappa shape index (κ1) is 24.1. The Morgan fingerprint density at radius 3 is 2.47 bits per heavy atom. The van der Waals surface area contributed by atoms with Crippen molar-refractivity contribution in [3.8, 4) is 16.3 Å². The molecule has 0 saturated heterocycles. The maximum atomic E-state index is 13.5. The Kier molecular flexibility index (Phi) is 6.57. The van der Waals surface area contributed by atoms with E-state index < -0.39 is 5.97 Å². The molecule has 3 heterocycles. The van der Waals surface area contributed by atoms with E-state index >= 15 is 0 Å². The topological polar surface area (TPSA) is 101 Å². The van der Waals surface area contributed by atoms with E-state index in [0.29, 0.717) is 11.6 Å². The van der Waals surface area contributed by atoms with Crippen molar-refractivity contribution in [2.75, 3.05) is 4.90 Å². The molecule has 9 heteroatoms. The van der Waals surface area contributed by atoms with Gasteiger partial charge in [-0.2, -0.15) is 0 Å². The van der Waals surface area contributed by atoms with Gasteiger partial charge >= 0.3 is 5.97 Å². The van der Waals surface area contributed by atoms with Crippen LogP contribution in [0.15, 0.2) is 48.8 Å². The molecule has 36 heavy (non-hydrogen) atoms. The largest absolute Gasteiger partial charge is 0.477 e. The van der Waals surface area contributed by atoms with Gasteiger partial charge in [0.25, 0.3) is 0 Å². The van der Waals surface area contributed by atoms with Gasteiger partial charge in [0.05, 0.1) is 10.4 Å². The van der Waals surface area contributed by atoms with E-state index in [1.165, 1.54) is 10.9 Å². The molecule has 1 N–H and O–H groups in total. The number of carbonyl (C=O) groups is 2. The van der Waals surface area contributed by atoms with E-state index in [4.69, 9.17) is 0 Å². The van der Waals surface area contributed by atoms with Gasteiger partial charge in [-0.1, -0.05) is 6.92 Å². The van der Waals surface area contributed by atoms with Crippen LogP contribution in [0.3, 0.4) is 0 Å². The van der Waals surface area contributed by atoms with Crippen LogP contribution < -0.4 is 4.90 Å². The van der Waals surface area contributed by atoms with Crippen molar-refractivity contribution in [3.05, 3.63) is 54.4 Å². The van der Waals surface area contributed by atoms with E-state index in [2.05, 4.69) is 22.0 Å². The van der Waals surface area contributed by atoms with Crippen LogP contribution in [-0.4, -0.2) is 42.8 Å². The third kappa shape index (κ3) is 4.63. The quantitative estimate of drug-likeness (QED) is 0.356. The number of hydrogen-bond acceptors (Lipinski definition) is 6. The molecule has 0 unspecified atom stereocenters. The third-order valence-electron chi connectivity index (χ3n) is 6.82. The third-order valence-corrected chi connectivity index (χ3v) is 7.87. The van der Waals surface area contributed by atoms with Crippen LogP contribution in [-0.2, 0) is 4.79 Å². The molecule has 3 aromatic heterocycles. The molecule has 0 radical (unpaired) electrons. The lowest BCUT2D eigenvalue weighted by Gasteiger charge is -2.32. The van der Waals surface area contributed by atoms with Gasteiger partial charge in [-0.3, -0.25) is 9.69 Å². The van der Waals surface area contributed by atoms with E-state index in [-0.39, 0.29) is 29.2 Å². The summed E-state index contributed by atoms with van der Waals surface area (Å²) in [5.74, 6) is -0.423. The first-order valence-electron chi connectivity index (χ1n) is 12.3. The molecule has 1 fully saturated rings. The number of aromatic carboxylic acids is 1. The number of rotatable bonds is 6. The lowest BCUT2D eigenvalue weighted by atomic mass is 9.82. The molecule has 0 atom stereocenters. The molecule has 186 valence electrons. The van der Waals surface area contributed by atoms with Gasteiger partial charge in [-0.15, -0.1) is 16.4 Å². The van der Waals surface area contributed by atoms with E-state index in [9.17, 15) is 14.7 Å². The number of nitrogens with zero attached hydrogens (tertiary/aromatic N) is 5. The maximum absolute atomic E-state index is 13.5. The standard InChI is InChI=1S/C27H29N5O3S/c1-16(2)32(26(33)19-8-6-17(3)7-9-19)24-21(27(34)35)15-31(30-24)20-12-10-18(11-13-20)25-29-23-22(36-25)5-4-14-28-23/h4-5,10-17,19H,6-9H2,1-3H3,(H,34,35). The minimum Gasteiger partial charge on any atom is -0.477 e. The zero-order valence-electron chi connectivity index (χ0n) is 20.6. The fraction of sp³-hybridized carbons (Fsp3) is 0.370. The Morgan fingerprint density at radius 1 is 1.11 bits per heavy atom. The van der Waals surface area contributed by atoms with E-state index in [1.807, 2.05) is 50.2 Å². The number of amides is 1. The Hall–Kier alpha value is -3.59. The molecular weight excluding hydrogens is 474 g/mol. The molecule has 5 rings (SSSR count). The molecular formula is C27H29N5O3S. The number of pyridine rings is 1. The maximum Gasteiger partial charge on any atom is 0.341 e. The fourth-order valence-electron chi connectivity index (χ4n) is 4.78. The summed E-state index contributed by atoms with van der Waals surface area (Å²) in [6, 6.07) is 11.3. The number of aromatic nitrogens is 4. The van der Waals surface area contributed by atoms with Crippen LogP contribution in [0.5, 0.6) is 0 Å². The van der Waals surface area contributed by atoms with Crippen LogP contribution in [0, 0.1) is 11.8 Å². The summed E-state index contributed by atoms with van der Waals surface area (Å²) in [6.07, 6.45) is 6.90. The number of hydrogen-bond donors (Lipinski definition) is 1. The summed E-state index contributed by atoms with van der Waals surface area (Å²) >= 11 is 1.57. The highest BCUT2D eigenvalue weighted by Gasteiger charge is 2.34. The minimum atomic E-state index is -1.11. The zero-order chi connectivity index (χ0) is 25.4. The van der Waals surface area contributed by atoms with Crippen molar-refractivity contribution in [2.45, 2.75) is 52.5 Å². The highest BCUT2D eigenvalue weighted by molar-refractivity contribution is 7.21. The second kappa shape index (κ2) is 9.81. The summed E-state index contributed by atoms with van der Waals surface area (Å²) in [6.45, 7) is 6.01. The van der Waals surface area contributed by atoms with Crippen molar-refractivity contribution in [2.24, 2.45) is 11.8 Å². The monoisotopic (exact) mass is 503 g/mol. The van der Waals surface area contributed by atoms with Gasteiger partial charge in [-0.05, 0) is 81.8 Å². The Balaban J connectivity index is 1.46. The molecule has 1 aliphatic carbocycles. The van der Waals surface area contributed by atoms with Crippen LogP contribution in [0.4, 0.5) is 5.82 Å². The number of thiazole rings is 1. The molecule has 1 amide bonds. The highest BCUT2D eigenvalue weighted by Crippen LogP contribution is 2.33.